The van der Waals surface area contributed by atoms with Gasteiger partial charge in [-0.3, -0.25) is 57.3 Å². The number of amides is 16. The first-order chi connectivity index (χ1) is 56.2. The SMILES string of the molecule is CC(C)C[C@@H]1NC(=O)[C@@H](Cc2ccccc2)NC(=O)[C@H](CCNC(=O)OC(C)(C)C)NC(=O)[C@@H](NC(=O)[C@H](CCNC(=O)OC(C)(C)C)NC(=O)[C@@H](NC(=O)[C@H](CCNC(=O)OC(C)(C)C)NC(=O)CP2(=O)OCC(C)(C)CO2)C(C)O)CCNC(=O)[C@H]([C@H](C)O)NC(=O)[C@H](CCNC(=O)OC(C)(C)C)NC(=O)[C@H](CCNC(=O)OC(C)(C)C)NC1=O. The van der Waals surface area contributed by atoms with Gasteiger partial charge < -0.3 is 128 Å². The van der Waals surface area contributed by atoms with Gasteiger partial charge in [0, 0.05) is 51.1 Å². The molecule has 1 aromatic rings. The Hall–Kier alpha value is -10.2. The van der Waals surface area contributed by atoms with Gasteiger partial charge in [-0.15, -0.1) is 0 Å². The smallest absolute Gasteiger partial charge is 0.407 e. The van der Waals surface area contributed by atoms with E-state index in [9.17, 15) is 72.3 Å². The van der Waals surface area contributed by atoms with Crippen LogP contribution in [0.25, 0.3) is 0 Å². The van der Waals surface area contributed by atoms with Gasteiger partial charge in [-0.1, -0.05) is 58.0 Å². The minimum atomic E-state index is -4.10. The van der Waals surface area contributed by atoms with Gasteiger partial charge >= 0.3 is 38.1 Å². The summed E-state index contributed by atoms with van der Waals surface area (Å²) in [6, 6.07) is -9.92. The fourth-order valence-electron chi connectivity index (χ4n) is 11.3. The molecular formula is C79H133N16O26P. The largest absolute Gasteiger partial charge is 0.444 e. The summed E-state index contributed by atoms with van der Waals surface area (Å²) in [7, 11) is -4.10. The monoisotopic (exact) mass is 1750 g/mol. The highest BCUT2D eigenvalue weighted by Crippen LogP contribution is 2.53. The normalized spacial score (nSPS) is 21.2. The molecule has 2 heterocycles. The summed E-state index contributed by atoms with van der Waals surface area (Å²) in [5.41, 5.74) is -5.20. The molecule has 690 valence electrons. The molecule has 0 aromatic heterocycles. The van der Waals surface area contributed by atoms with Gasteiger partial charge in [-0.05, 0) is 174 Å². The second-order valence-electron chi connectivity index (χ2n) is 36.0. The van der Waals surface area contributed by atoms with E-state index in [0.717, 1.165) is 13.8 Å². The predicted octanol–water partition coefficient (Wildman–Crippen LogP) is 1.24. The molecule has 12 atom stereocenters. The van der Waals surface area contributed by atoms with Gasteiger partial charge in [0.2, 0.25) is 65.0 Å². The maximum atomic E-state index is 15.4. The Bertz CT molecular complexity index is 3780. The number of ether oxygens (including phenoxy) is 5. The zero-order valence-corrected chi connectivity index (χ0v) is 74.9. The van der Waals surface area contributed by atoms with Crippen molar-refractivity contribution in [1.29, 1.82) is 0 Å². The third kappa shape index (κ3) is 43.0. The van der Waals surface area contributed by atoms with Gasteiger partial charge in [-0.2, -0.15) is 0 Å². The first-order valence-electron chi connectivity index (χ1n) is 40.6. The van der Waals surface area contributed by atoms with Gasteiger partial charge in [0.15, 0.2) is 0 Å². The molecule has 0 aliphatic carbocycles. The highest BCUT2D eigenvalue weighted by molar-refractivity contribution is 7.54. The Balaban J connectivity index is 2.39. The van der Waals surface area contributed by atoms with E-state index in [0.29, 0.717) is 5.56 Å². The quantitative estimate of drug-likeness (QED) is 0.0381. The molecule has 122 heavy (non-hydrogen) atoms. The van der Waals surface area contributed by atoms with Crippen LogP contribution >= 0.6 is 7.60 Å². The Kier molecular flexibility index (Phi) is 41.7. The Morgan fingerprint density at radius 2 is 0.844 bits per heavy atom. The van der Waals surface area contributed by atoms with E-state index in [1.54, 1.807) is 162 Å². The lowest BCUT2D eigenvalue weighted by atomic mass is 9.97. The number of alkyl carbamates (subject to hydrolysis) is 5. The van der Waals surface area contributed by atoms with Crippen LogP contribution in [0.3, 0.4) is 0 Å². The number of aliphatic hydroxyl groups excluding tert-OH is 2. The highest BCUT2D eigenvalue weighted by atomic mass is 31.2. The van der Waals surface area contributed by atoms with Crippen molar-refractivity contribution in [3.8, 4) is 0 Å². The molecule has 42 nitrogen and oxygen atoms in total. The molecule has 3 rings (SSSR count). The van der Waals surface area contributed by atoms with E-state index in [-0.39, 0.29) is 39.1 Å². The lowest BCUT2D eigenvalue weighted by Gasteiger charge is -2.34. The predicted molar refractivity (Wildman–Crippen MR) is 442 cm³/mol. The van der Waals surface area contributed by atoms with Crippen LogP contribution in [0, 0.1) is 11.3 Å². The number of aliphatic hydroxyl groups is 2. The van der Waals surface area contributed by atoms with Crippen molar-refractivity contribution in [3.05, 3.63) is 35.9 Å². The zero-order chi connectivity index (χ0) is 92.6. The van der Waals surface area contributed by atoms with Crippen LogP contribution in [0.2, 0.25) is 0 Å². The highest BCUT2D eigenvalue weighted by Gasteiger charge is 2.42. The summed E-state index contributed by atoms with van der Waals surface area (Å²) in [6.45, 7) is 29.9. The zero-order valence-electron chi connectivity index (χ0n) is 74.1. The second kappa shape index (κ2) is 48.0. The van der Waals surface area contributed by atoms with Crippen LogP contribution in [0.1, 0.15) is 196 Å². The van der Waals surface area contributed by atoms with E-state index in [1.807, 2.05) is 0 Å². The van der Waals surface area contributed by atoms with Gasteiger partial charge in [0.1, 0.15) is 94.6 Å². The molecule has 0 saturated carbocycles. The number of hydrogen-bond donors (Lipinski definition) is 18. The molecule has 18 N–H and O–H groups in total. The van der Waals surface area contributed by atoms with Crippen molar-refractivity contribution in [2.75, 3.05) is 58.6 Å². The number of benzene rings is 1. The Labute approximate surface area is 712 Å². The van der Waals surface area contributed by atoms with Crippen molar-refractivity contribution in [2.45, 2.75) is 297 Å². The first-order valence-corrected chi connectivity index (χ1v) is 42.4. The molecule has 16 amide bonds. The van der Waals surface area contributed by atoms with Crippen molar-refractivity contribution in [2.24, 2.45) is 11.3 Å². The standard InChI is InChI=1S/C79H133N16O26P/c1-44(2)39-54-65(105)90-50(29-35-82-70(110)118-75(8,9)10)60(100)89-53(32-38-85-73(113)121-78(17,18)19)64(104)94-57(45(3)96)67(107)80-33-27-49(59(99)88-51(30-36-83-71(111)119-76(11,12)13)62(102)93-55(66(106)92-54)40-47-25-23-22-24-26-47)87-61(101)52(31-37-84-72(112)120-77(14,15)16)91-68(108)58(46(4)97)95-63(103)48(28-34-81-69(109)117-74(5,6)7)86-56(98)41-122(114)115-42-79(20,21)43-116-122/h22-26,44-46,48-55,57-58,96-97H,27-43H2,1-21H3,(H,80,107)(H,81,109)(H,82,110)(H,83,111)(H,84,112)(H,85,113)(H,86,98)(H,87,101)(H,88,99)(H,89,100)(H,90,105)(H,91,108)(H,92,106)(H,93,102)(H,94,104)(H,95,103)/t45-,46?,48-,49-,50-,51-,52-,53-,54-,55+,57-,58-/m0/s1. The van der Waals surface area contributed by atoms with Crippen molar-refractivity contribution >= 4 is 103 Å². The average Bonchev–Trinajstić information content (AvgIpc) is 0.849. The number of carbonyl (C=O) groups is 16. The lowest BCUT2D eigenvalue weighted by Crippen LogP contribution is -2.62. The fourth-order valence-corrected chi connectivity index (χ4v) is 13.1. The third-order valence-electron chi connectivity index (χ3n) is 17.1. The minimum Gasteiger partial charge on any atom is -0.444 e. The van der Waals surface area contributed by atoms with Crippen LogP contribution < -0.4 is 85.1 Å². The number of hydrogen-bond acceptors (Lipinski definition) is 26. The van der Waals surface area contributed by atoms with Crippen LogP contribution in [0.15, 0.2) is 30.3 Å². The van der Waals surface area contributed by atoms with E-state index in [4.69, 9.17) is 32.7 Å². The molecule has 2 saturated heterocycles. The van der Waals surface area contributed by atoms with Crippen LogP contribution in [0.4, 0.5) is 24.0 Å². The Morgan fingerprint density at radius 1 is 0.475 bits per heavy atom. The van der Waals surface area contributed by atoms with Crippen molar-refractivity contribution < 1.29 is 124 Å². The molecule has 1 aromatic carbocycles. The summed E-state index contributed by atoms with van der Waals surface area (Å²) >= 11 is 0. The van der Waals surface area contributed by atoms with E-state index in [1.165, 1.54) is 0 Å². The number of rotatable bonds is 30. The summed E-state index contributed by atoms with van der Waals surface area (Å²) in [6.07, 6.45) is -12.9. The van der Waals surface area contributed by atoms with Gasteiger partial charge in [0.05, 0.1) is 25.4 Å². The molecule has 0 spiro atoms. The topological polar surface area (TPSA) is 588 Å². The summed E-state index contributed by atoms with van der Waals surface area (Å²) in [4.78, 5) is 228. The van der Waals surface area contributed by atoms with Crippen LogP contribution in [0.5, 0.6) is 0 Å². The number of carbonyl (C=O) groups excluding carboxylic acids is 16. The van der Waals surface area contributed by atoms with Gasteiger partial charge in [-0.25, -0.2) is 24.0 Å². The molecule has 2 aliphatic rings. The van der Waals surface area contributed by atoms with E-state index >= 15 is 19.2 Å². The lowest BCUT2D eigenvalue weighted by molar-refractivity contribution is -0.137. The molecule has 0 radical (unpaired) electrons. The summed E-state index contributed by atoms with van der Waals surface area (Å²) in [5, 5.41) is 62.6. The van der Waals surface area contributed by atoms with Gasteiger partial charge in [0.25, 0.3) is 0 Å². The molecule has 1 unspecified atom stereocenters. The van der Waals surface area contributed by atoms with Crippen molar-refractivity contribution in [3.63, 3.8) is 0 Å². The molecule has 43 heteroatoms. The number of nitrogens with one attached hydrogen (secondary N) is 16. The molecular weight excluding hydrogens is 1620 g/mol. The molecule has 0 bridgehead atoms. The van der Waals surface area contributed by atoms with Crippen LogP contribution in [-0.4, -0.2) is 265 Å². The Morgan fingerprint density at radius 3 is 1.25 bits per heavy atom. The average molecular weight is 1750 g/mol. The van der Waals surface area contributed by atoms with Crippen LogP contribution in [-0.2, 0) is 96.5 Å². The molecule has 2 aliphatic heterocycles. The van der Waals surface area contributed by atoms with Crippen molar-refractivity contribution in [1.82, 2.24) is 85.1 Å². The maximum absolute atomic E-state index is 15.4. The molecule has 2 fully saturated rings. The summed E-state index contributed by atoms with van der Waals surface area (Å²) in [5.74, 6) is -13.1. The maximum Gasteiger partial charge on any atom is 0.407 e. The van der Waals surface area contributed by atoms with E-state index in [2.05, 4.69) is 85.1 Å². The summed E-state index contributed by atoms with van der Waals surface area (Å²) < 4.78 is 51.4. The third-order valence-corrected chi connectivity index (χ3v) is 18.8. The van der Waals surface area contributed by atoms with E-state index < -0.39 is 286 Å². The fraction of sp³-hybridized carbons (Fsp3) is 0.722. The minimum absolute atomic E-state index is 0.0580. The second-order valence-corrected chi connectivity index (χ2v) is 38.0. The first kappa shape index (κ1) is 106.